The molecule has 0 saturated carbocycles. The summed E-state index contributed by atoms with van der Waals surface area (Å²) in [6.45, 7) is 5.13. The van der Waals surface area contributed by atoms with Gasteiger partial charge in [-0.2, -0.15) is 10.2 Å². The van der Waals surface area contributed by atoms with Crippen molar-refractivity contribution in [2.45, 2.75) is 26.8 Å². The van der Waals surface area contributed by atoms with E-state index < -0.39 is 17.5 Å². The molecule has 0 atom stereocenters. The van der Waals surface area contributed by atoms with Gasteiger partial charge in [0.1, 0.15) is 0 Å². The highest BCUT2D eigenvalue weighted by atomic mass is 19.2. The summed E-state index contributed by atoms with van der Waals surface area (Å²) < 4.78 is 27.7. The highest BCUT2D eigenvalue weighted by molar-refractivity contribution is 6.06. The summed E-state index contributed by atoms with van der Waals surface area (Å²) in [6.07, 6.45) is 0. The molecule has 0 bridgehead atoms. The Morgan fingerprint density at radius 3 is 2.43 bits per heavy atom. The Balaban J connectivity index is 1.98. The molecule has 3 rings (SSSR count). The van der Waals surface area contributed by atoms with Gasteiger partial charge in [-0.3, -0.25) is 9.59 Å². The molecule has 8 heteroatoms. The van der Waals surface area contributed by atoms with Crippen molar-refractivity contribution in [3.05, 3.63) is 75.7 Å². The molecule has 1 heterocycles. The van der Waals surface area contributed by atoms with E-state index in [2.05, 4.69) is 15.6 Å². The highest BCUT2D eigenvalue weighted by Crippen LogP contribution is 2.15. The molecule has 0 radical (unpaired) electrons. The van der Waals surface area contributed by atoms with Crippen LogP contribution in [0.2, 0.25) is 0 Å². The number of hydrogen-bond donors (Lipinski definition) is 1. The Hall–Kier alpha value is -3.42. The Morgan fingerprint density at radius 1 is 1.11 bits per heavy atom. The van der Waals surface area contributed by atoms with Gasteiger partial charge < -0.3 is 0 Å². The number of hydrazone groups is 1. The van der Waals surface area contributed by atoms with Crippen LogP contribution in [0.3, 0.4) is 0 Å². The molecular formula is C20H18F2N4O2. The molecule has 0 unspecified atom stereocenters. The first-order valence-electron chi connectivity index (χ1n) is 8.61. The van der Waals surface area contributed by atoms with Gasteiger partial charge >= 0.3 is 0 Å². The summed E-state index contributed by atoms with van der Waals surface area (Å²) in [4.78, 5) is 25.2. The summed E-state index contributed by atoms with van der Waals surface area (Å²) in [5.74, 6) is -2.59. The lowest BCUT2D eigenvalue weighted by Crippen LogP contribution is -2.30. The van der Waals surface area contributed by atoms with Gasteiger partial charge in [-0.25, -0.2) is 18.9 Å². The van der Waals surface area contributed by atoms with E-state index in [9.17, 15) is 18.4 Å². The van der Waals surface area contributed by atoms with Gasteiger partial charge in [-0.05, 0) is 45.0 Å². The summed E-state index contributed by atoms with van der Waals surface area (Å²) in [5.41, 5.74) is 2.73. The van der Waals surface area contributed by atoms with Crippen molar-refractivity contribution in [1.82, 2.24) is 15.2 Å². The maximum absolute atomic E-state index is 13.4. The predicted molar refractivity (Wildman–Crippen MR) is 102 cm³/mol. The maximum Gasteiger partial charge on any atom is 0.292 e. The van der Waals surface area contributed by atoms with E-state index in [1.807, 2.05) is 0 Å². The quantitative estimate of drug-likeness (QED) is 0.553. The van der Waals surface area contributed by atoms with E-state index in [4.69, 9.17) is 0 Å². The summed E-state index contributed by atoms with van der Waals surface area (Å²) in [5, 5.41) is 8.91. The van der Waals surface area contributed by atoms with Gasteiger partial charge in [0.05, 0.1) is 17.1 Å². The summed E-state index contributed by atoms with van der Waals surface area (Å²) >= 11 is 0. The van der Waals surface area contributed by atoms with Gasteiger partial charge in [0.25, 0.3) is 11.5 Å². The first-order chi connectivity index (χ1) is 13.3. The van der Waals surface area contributed by atoms with Crippen LogP contribution in [0.15, 0.2) is 52.4 Å². The fourth-order valence-corrected chi connectivity index (χ4v) is 2.70. The van der Waals surface area contributed by atoms with Crippen LogP contribution < -0.4 is 11.0 Å². The number of rotatable bonds is 4. The molecule has 0 saturated heterocycles. The number of fused-ring (bicyclic) bond motifs is 1. The lowest BCUT2D eigenvalue weighted by Gasteiger charge is -2.12. The van der Waals surface area contributed by atoms with Crippen LogP contribution in [0, 0.1) is 11.6 Å². The molecule has 6 nitrogen and oxygen atoms in total. The smallest absolute Gasteiger partial charge is 0.267 e. The van der Waals surface area contributed by atoms with E-state index in [-0.39, 0.29) is 23.0 Å². The van der Waals surface area contributed by atoms with Crippen LogP contribution in [0.4, 0.5) is 8.78 Å². The van der Waals surface area contributed by atoms with Crippen molar-refractivity contribution in [2.75, 3.05) is 0 Å². The minimum absolute atomic E-state index is 0.0470. The van der Waals surface area contributed by atoms with E-state index in [0.717, 1.165) is 12.1 Å². The van der Waals surface area contributed by atoms with E-state index in [0.29, 0.717) is 16.3 Å². The van der Waals surface area contributed by atoms with Gasteiger partial charge in [0.2, 0.25) is 0 Å². The number of nitrogens with zero attached hydrogens (tertiary/aromatic N) is 3. The van der Waals surface area contributed by atoms with E-state index >= 15 is 0 Å². The molecule has 144 valence electrons. The Bertz CT molecular complexity index is 1150. The monoisotopic (exact) mass is 384 g/mol. The number of carbonyl (C=O) groups is 1. The normalized spacial score (nSPS) is 11.9. The third-order valence-electron chi connectivity index (χ3n) is 4.20. The van der Waals surface area contributed by atoms with Crippen LogP contribution in [-0.4, -0.2) is 21.4 Å². The van der Waals surface area contributed by atoms with Crippen molar-refractivity contribution in [1.29, 1.82) is 0 Å². The van der Waals surface area contributed by atoms with Gasteiger partial charge in [0.15, 0.2) is 17.3 Å². The Kier molecular flexibility index (Phi) is 5.30. The first-order valence-corrected chi connectivity index (χ1v) is 8.61. The van der Waals surface area contributed by atoms with Crippen LogP contribution in [0.5, 0.6) is 0 Å². The van der Waals surface area contributed by atoms with Gasteiger partial charge in [-0.1, -0.05) is 18.2 Å². The van der Waals surface area contributed by atoms with Gasteiger partial charge in [0, 0.05) is 10.9 Å². The number of halogens is 2. The molecule has 0 aliphatic carbocycles. The van der Waals surface area contributed by atoms with Crippen LogP contribution >= 0.6 is 0 Å². The van der Waals surface area contributed by atoms with Crippen molar-refractivity contribution in [3.63, 3.8) is 0 Å². The third kappa shape index (κ3) is 3.66. The summed E-state index contributed by atoms with van der Waals surface area (Å²) in [7, 11) is 0. The zero-order chi connectivity index (χ0) is 20.4. The number of nitrogens with one attached hydrogen (secondary N) is 1. The Labute approximate surface area is 159 Å². The zero-order valence-electron chi connectivity index (χ0n) is 15.5. The van der Waals surface area contributed by atoms with E-state index in [1.54, 1.807) is 45.0 Å². The second-order valence-corrected chi connectivity index (χ2v) is 6.50. The average molecular weight is 384 g/mol. The lowest BCUT2D eigenvalue weighted by atomic mass is 10.1. The van der Waals surface area contributed by atoms with Crippen molar-refractivity contribution >= 4 is 22.4 Å². The number of aromatic nitrogens is 2. The molecule has 1 N–H and O–H groups in total. The first kappa shape index (κ1) is 19.3. The Morgan fingerprint density at radius 2 is 1.79 bits per heavy atom. The lowest BCUT2D eigenvalue weighted by molar-refractivity contribution is 0.0949. The standard InChI is InChI=1S/C20H18F2N4O2/c1-11(2)26-20(28)15-7-5-4-6-14(15)18(25-26)19(27)24-23-12(3)13-8-9-16(21)17(22)10-13/h4-11H,1-3H3,(H,24,27)/b23-12-. The van der Waals surface area contributed by atoms with Crippen LogP contribution in [0.25, 0.3) is 10.8 Å². The molecular weight excluding hydrogens is 366 g/mol. The third-order valence-corrected chi connectivity index (χ3v) is 4.20. The number of hydrogen-bond acceptors (Lipinski definition) is 4. The van der Waals surface area contributed by atoms with Crippen LogP contribution in [0.1, 0.15) is 42.9 Å². The molecule has 1 amide bonds. The molecule has 1 aromatic heterocycles. The average Bonchev–Trinajstić information content (AvgIpc) is 2.68. The van der Waals surface area contributed by atoms with Gasteiger partial charge in [-0.15, -0.1) is 0 Å². The maximum atomic E-state index is 13.4. The molecule has 0 fully saturated rings. The molecule has 3 aromatic rings. The second kappa shape index (κ2) is 7.67. The molecule has 0 spiro atoms. The van der Waals surface area contributed by atoms with Crippen molar-refractivity contribution in [3.8, 4) is 0 Å². The fraction of sp³-hybridized carbons (Fsp3) is 0.200. The van der Waals surface area contributed by atoms with Crippen LogP contribution in [-0.2, 0) is 0 Å². The van der Waals surface area contributed by atoms with Crippen molar-refractivity contribution < 1.29 is 13.6 Å². The zero-order valence-corrected chi connectivity index (χ0v) is 15.5. The molecule has 0 aliphatic rings. The van der Waals surface area contributed by atoms with E-state index in [1.165, 1.54) is 10.7 Å². The predicted octanol–water partition coefficient (Wildman–Crippen LogP) is 3.41. The minimum Gasteiger partial charge on any atom is -0.267 e. The fourth-order valence-electron chi connectivity index (χ4n) is 2.70. The second-order valence-electron chi connectivity index (χ2n) is 6.50. The summed E-state index contributed by atoms with van der Waals surface area (Å²) in [6, 6.07) is 9.77. The molecule has 28 heavy (non-hydrogen) atoms. The highest BCUT2D eigenvalue weighted by Gasteiger charge is 2.17. The molecule has 0 aliphatic heterocycles. The number of benzene rings is 2. The largest absolute Gasteiger partial charge is 0.292 e. The SMILES string of the molecule is C/C(=N/NC(=O)c1nn(C(C)C)c(=O)c2ccccc12)c1ccc(F)c(F)c1. The number of carbonyl (C=O) groups excluding carboxylic acids is 1. The number of amides is 1. The van der Waals surface area contributed by atoms with Crippen molar-refractivity contribution in [2.24, 2.45) is 5.10 Å². The molecule has 2 aromatic carbocycles. The minimum atomic E-state index is -1.00. The topological polar surface area (TPSA) is 76.3 Å².